The van der Waals surface area contributed by atoms with Gasteiger partial charge in [-0.3, -0.25) is 4.90 Å². The summed E-state index contributed by atoms with van der Waals surface area (Å²) in [6.45, 7) is 5.44. The Morgan fingerprint density at radius 2 is 1.60 bits per heavy atom. The van der Waals surface area contributed by atoms with E-state index >= 15 is 0 Å². The molecule has 2 nitrogen and oxygen atoms in total. The van der Waals surface area contributed by atoms with E-state index in [0.29, 0.717) is 0 Å². The standard InChI is InChI=1S/C18H24N2/c1-2-20(15-17-10-12-18(19)13-11-17)14-6-9-16-7-4-3-5-8-16/h3-5,7-8,10-13H,2,6,9,14-15,19H2,1H3. The first-order valence-electron chi connectivity index (χ1n) is 7.38. The molecule has 2 heteroatoms. The molecule has 2 rings (SSSR count). The van der Waals surface area contributed by atoms with Gasteiger partial charge in [-0.15, -0.1) is 0 Å². The summed E-state index contributed by atoms with van der Waals surface area (Å²) in [7, 11) is 0. The van der Waals surface area contributed by atoms with Gasteiger partial charge in [0.05, 0.1) is 0 Å². The van der Waals surface area contributed by atoms with Crippen molar-refractivity contribution in [2.24, 2.45) is 0 Å². The normalized spacial score (nSPS) is 10.9. The molecule has 0 spiro atoms. The van der Waals surface area contributed by atoms with Crippen molar-refractivity contribution in [3.05, 3.63) is 65.7 Å². The van der Waals surface area contributed by atoms with Crippen molar-refractivity contribution in [1.82, 2.24) is 4.90 Å². The van der Waals surface area contributed by atoms with E-state index < -0.39 is 0 Å². The lowest BCUT2D eigenvalue weighted by Crippen LogP contribution is -2.24. The predicted octanol–water partition coefficient (Wildman–Crippen LogP) is 3.72. The highest BCUT2D eigenvalue weighted by Gasteiger charge is 2.03. The zero-order valence-corrected chi connectivity index (χ0v) is 12.3. The minimum absolute atomic E-state index is 0.834. The first-order valence-corrected chi connectivity index (χ1v) is 7.38. The van der Waals surface area contributed by atoms with Crippen LogP contribution in [0.2, 0.25) is 0 Å². The van der Waals surface area contributed by atoms with Gasteiger partial charge in [0.1, 0.15) is 0 Å². The third-order valence-electron chi connectivity index (χ3n) is 3.62. The summed E-state index contributed by atoms with van der Waals surface area (Å²) >= 11 is 0. The van der Waals surface area contributed by atoms with Crippen LogP contribution in [-0.2, 0) is 13.0 Å². The molecule has 0 amide bonds. The van der Waals surface area contributed by atoms with Crippen molar-refractivity contribution in [3.8, 4) is 0 Å². The monoisotopic (exact) mass is 268 g/mol. The summed E-state index contributed by atoms with van der Waals surface area (Å²) in [4.78, 5) is 2.48. The number of rotatable bonds is 7. The molecule has 0 aliphatic carbocycles. The number of anilines is 1. The van der Waals surface area contributed by atoms with Gasteiger partial charge in [-0.05, 0) is 49.2 Å². The number of nitrogen functional groups attached to an aromatic ring is 1. The van der Waals surface area contributed by atoms with Crippen molar-refractivity contribution < 1.29 is 0 Å². The van der Waals surface area contributed by atoms with Crippen LogP contribution >= 0.6 is 0 Å². The maximum Gasteiger partial charge on any atom is 0.0314 e. The van der Waals surface area contributed by atoms with Crippen LogP contribution in [0, 0.1) is 0 Å². The number of hydrogen-bond acceptors (Lipinski definition) is 2. The zero-order valence-electron chi connectivity index (χ0n) is 12.3. The summed E-state index contributed by atoms with van der Waals surface area (Å²) in [5.74, 6) is 0. The smallest absolute Gasteiger partial charge is 0.0314 e. The minimum Gasteiger partial charge on any atom is -0.399 e. The lowest BCUT2D eigenvalue weighted by atomic mass is 10.1. The van der Waals surface area contributed by atoms with Crippen LogP contribution in [-0.4, -0.2) is 18.0 Å². The van der Waals surface area contributed by atoms with E-state index in [0.717, 1.165) is 31.7 Å². The lowest BCUT2D eigenvalue weighted by molar-refractivity contribution is 0.276. The summed E-state index contributed by atoms with van der Waals surface area (Å²) in [5.41, 5.74) is 9.32. The van der Waals surface area contributed by atoms with Crippen molar-refractivity contribution in [1.29, 1.82) is 0 Å². The van der Waals surface area contributed by atoms with E-state index in [1.165, 1.54) is 17.5 Å². The molecule has 0 heterocycles. The molecule has 0 unspecified atom stereocenters. The van der Waals surface area contributed by atoms with Gasteiger partial charge in [-0.2, -0.15) is 0 Å². The second-order valence-corrected chi connectivity index (χ2v) is 5.20. The predicted molar refractivity (Wildman–Crippen MR) is 86.6 cm³/mol. The van der Waals surface area contributed by atoms with Gasteiger partial charge >= 0.3 is 0 Å². The van der Waals surface area contributed by atoms with Gasteiger partial charge in [0.15, 0.2) is 0 Å². The van der Waals surface area contributed by atoms with E-state index in [-0.39, 0.29) is 0 Å². The summed E-state index contributed by atoms with van der Waals surface area (Å²) in [6, 6.07) is 18.9. The van der Waals surface area contributed by atoms with Gasteiger partial charge in [-0.25, -0.2) is 0 Å². The molecule has 2 N–H and O–H groups in total. The van der Waals surface area contributed by atoms with E-state index in [9.17, 15) is 0 Å². The average molecular weight is 268 g/mol. The van der Waals surface area contributed by atoms with E-state index in [2.05, 4.69) is 54.3 Å². The molecule has 0 radical (unpaired) electrons. The molecule has 0 saturated carbocycles. The molecule has 0 aliphatic heterocycles. The fraction of sp³-hybridized carbons (Fsp3) is 0.333. The van der Waals surface area contributed by atoms with Gasteiger partial charge in [0.2, 0.25) is 0 Å². The highest BCUT2D eigenvalue weighted by atomic mass is 15.1. The summed E-state index contributed by atoms with van der Waals surface area (Å²) in [6.07, 6.45) is 2.35. The van der Waals surface area contributed by atoms with E-state index in [1.54, 1.807) is 0 Å². The molecule has 0 aliphatic rings. The molecular formula is C18H24N2. The Hall–Kier alpha value is -1.80. The summed E-state index contributed by atoms with van der Waals surface area (Å²) in [5, 5.41) is 0. The Balaban J connectivity index is 1.79. The Bertz CT molecular complexity index is 491. The molecule has 106 valence electrons. The number of hydrogen-bond donors (Lipinski definition) is 1. The Labute approximate surface area is 122 Å². The number of benzene rings is 2. The number of aryl methyl sites for hydroxylation is 1. The average Bonchev–Trinajstić information content (AvgIpc) is 2.49. The van der Waals surface area contributed by atoms with Gasteiger partial charge < -0.3 is 5.73 Å². The second-order valence-electron chi connectivity index (χ2n) is 5.20. The van der Waals surface area contributed by atoms with E-state index in [1.807, 2.05) is 12.1 Å². The van der Waals surface area contributed by atoms with Crippen molar-refractivity contribution >= 4 is 5.69 Å². The van der Waals surface area contributed by atoms with Crippen LogP contribution < -0.4 is 5.73 Å². The molecule has 2 aromatic rings. The second kappa shape index (κ2) is 7.71. The van der Waals surface area contributed by atoms with Gasteiger partial charge in [0.25, 0.3) is 0 Å². The molecule has 0 bridgehead atoms. The van der Waals surface area contributed by atoms with Crippen LogP contribution in [0.3, 0.4) is 0 Å². The third kappa shape index (κ3) is 4.71. The Morgan fingerprint density at radius 3 is 2.25 bits per heavy atom. The van der Waals surface area contributed by atoms with Crippen LogP contribution in [0.25, 0.3) is 0 Å². The van der Waals surface area contributed by atoms with Crippen molar-refractivity contribution in [2.75, 3.05) is 18.8 Å². The van der Waals surface area contributed by atoms with Crippen molar-refractivity contribution in [2.45, 2.75) is 26.3 Å². The largest absolute Gasteiger partial charge is 0.399 e. The highest BCUT2D eigenvalue weighted by molar-refractivity contribution is 5.39. The maximum absolute atomic E-state index is 5.72. The molecule has 2 aromatic carbocycles. The van der Waals surface area contributed by atoms with E-state index in [4.69, 9.17) is 5.73 Å². The van der Waals surface area contributed by atoms with Crippen LogP contribution in [0.5, 0.6) is 0 Å². The maximum atomic E-state index is 5.72. The first kappa shape index (κ1) is 14.6. The van der Waals surface area contributed by atoms with Crippen LogP contribution in [0.15, 0.2) is 54.6 Å². The molecule has 0 saturated heterocycles. The molecule has 0 atom stereocenters. The SMILES string of the molecule is CCN(CCCc1ccccc1)Cc1ccc(N)cc1. The quantitative estimate of drug-likeness (QED) is 0.775. The first-order chi connectivity index (χ1) is 9.78. The third-order valence-corrected chi connectivity index (χ3v) is 3.62. The minimum atomic E-state index is 0.834. The molecule has 0 aromatic heterocycles. The number of nitrogens with two attached hydrogens (primary N) is 1. The zero-order chi connectivity index (χ0) is 14.2. The highest BCUT2D eigenvalue weighted by Crippen LogP contribution is 2.10. The molecule has 20 heavy (non-hydrogen) atoms. The van der Waals surface area contributed by atoms with Gasteiger partial charge in [0, 0.05) is 12.2 Å². The fourth-order valence-electron chi connectivity index (χ4n) is 2.38. The van der Waals surface area contributed by atoms with Gasteiger partial charge in [-0.1, -0.05) is 49.4 Å². The fourth-order valence-corrected chi connectivity index (χ4v) is 2.38. The lowest BCUT2D eigenvalue weighted by Gasteiger charge is -2.20. The summed E-state index contributed by atoms with van der Waals surface area (Å²) < 4.78 is 0. The Kier molecular flexibility index (Phi) is 5.63. The van der Waals surface area contributed by atoms with Crippen LogP contribution in [0.4, 0.5) is 5.69 Å². The Morgan fingerprint density at radius 1 is 0.900 bits per heavy atom. The molecule has 0 fully saturated rings. The topological polar surface area (TPSA) is 29.3 Å². The number of nitrogens with zero attached hydrogens (tertiary/aromatic N) is 1. The van der Waals surface area contributed by atoms with Crippen molar-refractivity contribution in [3.63, 3.8) is 0 Å². The van der Waals surface area contributed by atoms with Crippen LogP contribution in [0.1, 0.15) is 24.5 Å². The molecular weight excluding hydrogens is 244 g/mol.